The molecule has 2 rings (SSSR count). The quantitative estimate of drug-likeness (QED) is 0.901. The molecule has 20 heavy (non-hydrogen) atoms. The Hall–Kier alpha value is -1.95. The van der Waals surface area contributed by atoms with Crippen molar-refractivity contribution in [3.05, 3.63) is 23.8 Å². The van der Waals surface area contributed by atoms with Gasteiger partial charge in [0.15, 0.2) is 11.5 Å². The van der Waals surface area contributed by atoms with E-state index in [0.717, 1.165) is 5.56 Å². The van der Waals surface area contributed by atoms with Crippen LogP contribution in [0.3, 0.4) is 0 Å². The minimum absolute atomic E-state index is 0.0666. The molecule has 0 radical (unpaired) electrons. The maximum atomic E-state index is 12.0. The molecule has 6 heteroatoms. The van der Waals surface area contributed by atoms with Gasteiger partial charge in [-0.15, -0.1) is 0 Å². The largest absolute Gasteiger partial charge is 0.493 e. The molecule has 1 fully saturated rings. The fourth-order valence-corrected chi connectivity index (χ4v) is 2.05. The van der Waals surface area contributed by atoms with Gasteiger partial charge in [0.25, 0.3) is 0 Å². The van der Waals surface area contributed by atoms with E-state index in [1.165, 1.54) is 0 Å². The summed E-state index contributed by atoms with van der Waals surface area (Å²) >= 11 is 0. The van der Waals surface area contributed by atoms with Crippen LogP contribution < -0.4 is 14.8 Å². The van der Waals surface area contributed by atoms with Gasteiger partial charge in [-0.1, -0.05) is 6.07 Å². The van der Waals surface area contributed by atoms with Gasteiger partial charge >= 0.3 is 6.03 Å². The Balaban J connectivity index is 1.91. The summed E-state index contributed by atoms with van der Waals surface area (Å²) in [4.78, 5) is 13.7. The van der Waals surface area contributed by atoms with Crippen LogP contribution >= 0.6 is 0 Å². The van der Waals surface area contributed by atoms with E-state index in [1.54, 1.807) is 19.1 Å². The second-order valence-corrected chi connectivity index (χ2v) is 4.45. The molecule has 6 nitrogen and oxygen atoms in total. The first-order valence-electron chi connectivity index (χ1n) is 6.56. The van der Waals surface area contributed by atoms with Gasteiger partial charge in [0.1, 0.15) is 0 Å². The SMILES string of the molecule is COc1ccc(CNC(=O)N2CCOCC2)cc1OC. The highest BCUT2D eigenvalue weighted by Crippen LogP contribution is 2.27. The van der Waals surface area contributed by atoms with Gasteiger partial charge in [-0.3, -0.25) is 0 Å². The number of nitrogens with zero attached hydrogens (tertiary/aromatic N) is 1. The van der Waals surface area contributed by atoms with E-state index in [-0.39, 0.29) is 6.03 Å². The normalized spacial score (nSPS) is 14.8. The van der Waals surface area contributed by atoms with Crippen molar-refractivity contribution in [1.82, 2.24) is 10.2 Å². The number of nitrogens with one attached hydrogen (secondary N) is 1. The van der Waals surface area contributed by atoms with E-state index < -0.39 is 0 Å². The van der Waals surface area contributed by atoms with Crippen molar-refractivity contribution < 1.29 is 19.0 Å². The van der Waals surface area contributed by atoms with Crippen LogP contribution in [0.25, 0.3) is 0 Å². The molecule has 1 aromatic rings. The van der Waals surface area contributed by atoms with Crippen molar-refractivity contribution in [2.24, 2.45) is 0 Å². The predicted molar refractivity (Wildman–Crippen MR) is 74.2 cm³/mol. The zero-order valence-electron chi connectivity index (χ0n) is 11.8. The average molecular weight is 280 g/mol. The number of carbonyl (C=O) groups is 1. The monoisotopic (exact) mass is 280 g/mol. The smallest absolute Gasteiger partial charge is 0.317 e. The molecule has 0 atom stereocenters. The zero-order chi connectivity index (χ0) is 14.4. The van der Waals surface area contributed by atoms with Crippen LogP contribution in [-0.4, -0.2) is 51.5 Å². The molecular weight excluding hydrogens is 260 g/mol. The van der Waals surface area contributed by atoms with Crippen molar-refractivity contribution in [2.75, 3.05) is 40.5 Å². The molecule has 0 spiro atoms. The number of rotatable bonds is 4. The second kappa shape index (κ2) is 7.00. The fourth-order valence-electron chi connectivity index (χ4n) is 2.05. The Kier molecular flexibility index (Phi) is 5.06. The lowest BCUT2D eigenvalue weighted by Crippen LogP contribution is -2.45. The van der Waals surface area contributed by atoms with Gasteiger partial charge in [-0.05, 0) is 17.7 Å². The maximum Gasteiger partial charge on any atom is 0.317 e. The molecule has 0 saturated carbocycles. The number of urea groups is 1. The van der Waals surface area contributed by atoms with Gasteiger partial charge in [0.2, 0.25) is 0 Å². The summed E-state index contributed by atoms with van der Waals surface area (Å²) in [7, 11) is 3.19. The Morgan fingerprint density at radius 2 is 1.95 bits per heavy atom. The highest BCUT2D eigenvalue weighted by Gasteiger charge is 2.16. The molecule has 0 unspecified atom stereocenters. The first-order valence-corrected chi connectivity index (χ1v) is 6.56. The third-order valence-corrected chi connectivity index (χ3v) is 3.19. The second-order valence-electron chi connectivity index (χ2n) is 4.45. The number of benzene rings is 1. The molecule has 0 aliphatic carbocycles. The van der Waals surface area contributed by atoms with E-state index in [1.807, 2.05) is 18.2 Å². The number of hydrogen-bond acceptors (Lipinski definition) is 4. The number of morpholine rings is 1. The molecule has 1 N–H and O–H groups in total. The number of methoxy groups -OCH3 is 2. The summed E-state index contributed by atoms with van der Waals surface area (Å²) in [6.07, 6.45) is 0. The molecule has 2 amide bonds. The predicted octanol–water partition coefficient (Wildman–Crippen LogP) is 1.25. The molecular formula is C14H20N2O4. The van der Waals surface area contributed by atoms with Crippen LogP contribution in [0.1, 0.15) is 5.56 Å². The number of carbonyl (C=O) groups excluding carboxylic acids is 1. The van der Waals surface area contributed by atoms with E-state index in [2.05, 4.69) is 5.32 Å². The number of ether oxygens (including phenoxy) is 3. The molecule has 0 bridgehead atoms. The number of hydrogen-bond donors (Lipinski definition) is 1. The third kappa shape index (κ3) is 3.54. The van der Waals surface area contributed by atoms with Crippen molar-refractivity contribution in [1.29, 1.82) is 0 Å². The Labute approximate surface area is 118 Å². The van der Waals surface area contributed by atoms with Crippen LogP contribution in [0.2, 0.25) is 0 Å². The van der Waals surface area contributed by atoms with Gasteiger partial charge < -0.3 is 24.4 Å². The number of amides is 2. The molecule has 0 aromatic heterocycles. The van der Waals surface area contributed by atoms with Crippen molar-refractivity contribution in [3.63, 3.8) is 0 Å². The fraction of sp³-hybridized carbons (Fsp3) is 0.500. The van der Waals surface area contributed by atoms with E-state index in [9.17, 15) is 4.79 Å². The van der Waals surface area contributed by atoms with Crippen LogP contribution in [0.4, 0.5) is 4.79 Å². The lowest BCUT2D eigenvalue weighted by atomic mass is 10.2. The van der Waals surface area contributed by atoms with E-state index >= 15 is 0 Å². The third-order valence-electron chi connectivity index (χ3n) is 3.19. The molecule has 1 aliphatic rings. The first-order chi connectivity index (χ1) is 9.74. The van der Waals surface area contributed by atoms with Gasteiger partial charge in [0.05, 0.1) is 27.4 Å². The average Bonchev–Trinajstić information content (AvgIpc) is 2.53. The molecule has 110 valence electrons. The molecule has 1 aliphatic heterocycles. The van der Waals surface area contributed by atoms with Gasteiger partial charge in [-0.25, -0.2) is 4.79 Å². The van der Waals surface area contributed by atoms with Crippen LogP contribution in [-0.2, 0) is 11.3 Å². The molecule has 1 saturated heterocycles. The summed E-state index contributed by atoms with van der Waals surface area (Å²) < 4.78 is 15.6. The standard InChI is InChI=1S/C14H20N2O4/c1-18-12-4-3-11(9-13(12)19-2)10-15-14(17)16-5-7-20-8-6-16/h3-4,9H,5-8,10H2,1-2H3,(H,15,17). The Bertz CT molecular complexity index is 458. The van der Waals surface area contributed by atoms with Crippen molar-refractivity contribution in [2.45, 2.75) is 6.54 Å². The maximum absolute atomic E-state index is 12.0. The minimum atomic E-state index is -0.0666. The van der Waals surface area contributed by atoms with Gasteiger partial charge in [0, 0.05) is 19.6 Å². The Morgan fingerprint density at radius 1 is 1.25 bits per heavy atom. The first kappa shape index (κ1) is 14.5. The summed E-state index contributed by atoms with van der Waals surface area (Å²) in [5.74, 6) is 1.33. The summed E-state index contributed by atoms with van der Waals surface area (Å²) in [5, 5.41) is 2.89. The van der Waals surface area contributed by atoms with Crippen molar-refractivity contribution >= 4 is 6.03 Å². The summed E-state index contributed by atoms with van der Waals surface area (Å²) in [6, 6.07) is 5.53. The summed E-state index contributed by atoms with van der Waals surface area (Å²) in [5.41, 5.74) is 0.962. The van der Waals surface area contributed by atoms with Crippen LogP contribution in [0, 0.1) is 0 Å². The lowest BCUT2D eigenvalue weighted by Gasteiger charge is -2.27. The zero-order valence-corrected chi connectivity index (χ0v) is 11.8. The topological polar surface area (TPSA) is 60.0 Å². The highest BCUT2D eigenvalue weighted by molar-refractivity contribution is 5.74. The van der Waals surface area contributed by atoms with Crippen molar-refractivity contribution in [3.8, 4) is 11.5 Å². The van der Waals surface area contributed by atoms with Gasteiger partial charge in [-0.2, -0.15) is 0 Å². The summed E-state index contributed by atoms with van der Waals surface area (Å²) in [6.45, 7) is 2.93. The highest BCUT2D eigenvalue weighted by atomic mass is 16.5. The Morgan fingerprint density at radius 3 is 2.60 bits per heavy atom. The van der Waals surface area contributed by atoms with E-state index in [4.69, 9.17) is 14.2 Å². The lowest BCUT2D eigenvalue weighted by molar-refractivity contribution is 0.0531. The van der Waals surface area contributed by atoms with Crippen LogP contribution in [0.15, 0.2) is 18.2 Å². The molecule has 1 heterocycles. The van der Waals surface area contributed by atoms with Crippen LogP contribution in [0.5, 0.6) is 11.5 Å². The van der Waals surface area contributed by atoms with E-state index in [0.29, 0.717) is 44.3 Å². The molecule has 1 aromatic carbocycles. The minimum Gasteiger partial charge on any atom is -0.493 e.